The lowest BCUT2D eigenvalue weighted by molar-refractivity contribution is -0.123. The molecule has 1 saturated carbocycles. The molecule has 3 rings (SSSR count). The molecule has 2 N–H and O–H groups in total. The lowest BCUT2D eigenvalue weighted by Crippen LogP contribution is -2.45. The van der Waals surface area contributed by atoms with Gasteiger partial charge in [0, 0.05) is 12.1 Å². The summed E-state index contributed by atoms with van der Waals surface area (Å²) in [6.45, 7) is 1.97. The predicted molar refractivity (Wildman–Crippen MR) is 75.9 cm³/mol. The highest BCUT2D eigenvalue weighted by atomic mass is 16.2. The number of fused-ring (bicyclic) bond motifs is 1. The first-order chi connectivity index (χ1) is 9.24. The highest BCUT2D eigenvalue weighted by Gasteiger charge is 2.28. The number of hydrogen-bond donors (Lipinski definition) is 2. The maximum Gasteiger partial charge on any atom is 0.237 e. The molecule has 3 nitrogen and oxygen atoms in total. The Kier molecular flexibility index (Phi) is 3.56. The fourth-order valence-electron chi connectivity index (χ4n) is 2.86. The van der Waals surface area contributed by atoms with Crippen LogP contribution >= 0.6 is 0 Å². The molecule has 1 fully saturated rings. The fraction of sp³-hybridized carbons (Fsp3) is 0.562. The molecule has 1 aromatic rings. The zero-order valence-corrected chi connectivity index (χ0v) is 11.5. The van der Waals surface area contributed by atoms with Crippen LogP contribution in [0.5, 0.6) is 0 Å². The number of carbonyl (C=O) groups excluding carboxylic acids is 1. The summed E-state index contributed by atoms with van der Waals surface area (Å²) in [4.78, 5) is 12.0. The van der Waals surface area contributed by atoms with E-state index < -0.39 is 0 Å². The van der Waals surface area contributed by atoms with Crippen LogP contribution in [0.2, 0.25) is 0 Å². The van der Waals surface area contributed by atoms with Crippen LogP contribution in [0.4, 0.5) is 0 Å². The summed E-state index contributed by atoms with van der Waals surface area (Å²) in [5.74, 6) is 0.144. The molecule has 19 heavy (non-hydrogen) atoms. The second kappa shape index (κ2) is 5.33. The fourth-order valence-corrected chi connectivity index (χ4v) is 2.86. The highest BCUT2D eigenvalue weighted by molar-refractivity contribution is 5.81. The van der Waals surface area contributed by atoms with Crippen LogP contribution in [-0.2, 0) is 11.2 Å². The lowest BCUT2D eigenvalue weighted by atomic mass is 9.87. The van der Waals surface area contributed by atoms with Crippen LogP contribution in [0, 0.1) is 0 Å². The third-order valence-electron chi connectivity index (χ3n) is 4.14. The van der Waals surface area contributed by atoms with Gasteiger partial charge in [0.25, 0.3) is 0 Å². The van der Waals surface area contributed by atoms with Gasteiger partial charge in [-0.2, -0.15) is 0 Å². The van der Waals surface area contributed by atoms with Crippen molar-refractivity contribution in [1.82, 2.24) is 10.6 Å². The van der Waals surface area contributed by atoms with Crippen molar-refractivity contribution in [2.45, 2.75) is 57.2 Å². The van der Waals surface area contributed by atoms with Gasteiger partial charge >= 0.3 is 0 Å². The van der Waals surface area contributed by atoms with Gasteiger partial charge in [0.2, 0.25) is 5.91 Å². The SMILES string of the molecule is C[C@@H](N[C@@H]1CCCc2ccccc21)C(=O)NC1CC1. The van der Waals surface area contributed by atoms with Crippen molar-refractivity contribution < 1.29 is 4.79 Å². The Hall–Kier alpha value is -1.35. The van der Waals surface area contributed by atoms with E-state index in [1.165, 1.54) is 17.5 Å². The molecule has 1 aromatic carbocycles. The quantitative estimate of drug-likeness (QED) is 0.870. The van der Waals surface area contributed by atoms with Crippen molar-refractivity contribution in [3.05, 3.63) is 35.4 Å². The van der Waals surface area contributed by atoms with Gasteiger partial charge in [-0.15, -0.1) is 0 Å². The van der Waals surface area contributed by atoms with Crippen molar-refractivity contribution in [2.24, 2.45) is 0 Å². The van der Waals surface area contributed by atoms with E-state index in [4.69, 9.17) is 0 Å². The summed E-state index contributed by atoms with van der Waals surface area (Å²) in [6.07, 6.45) is 5.77. The number of aryl methyl sites for hydroxylation is 1. The van der Waals surface area contributed by atoms with E-state index in [2.05, 4.69) is 34.9 Å². The maximum absolute atomic E-state index is 12.0. The largest absolute Gasteiger partial charge is 0.352 e. The minimum Gasteiger partial charge on any atom is -0.352 e. The molecule has 2 atom stereocenters. The van der Waals surface area contributed by atoms with Gasteiger partial charge in [-0.05, 0) is 50.2 Å². The normalized spacial score (nSPS) is 23.5. The first-order valence-corrected chi connectivity index (χ1v) is 7.38. The van der Waals surface area contributed by atoms with E-state index in [1.54, 1.807) is 0 Å². The van der Waals surface area contributed by atoms with E-state index >= 15 is 0 Å². The first-order valence-electron chi connectivity index (χ1n) is 7.38. The zero-order chi connectivity index (χ0) is 13.2. The Labute approximate surface area is 114 Å². The van der Waals surface area contributed by atoms with Gasteiger partial charge in [-0.1, -0.05) is 24.3 Å². The van der Waals surface area contributed by atoms with E-state index in [0.29, 0.717) is 12.1 Å². The molecule has 1 amide bonds. The van der Waals surface area contributed by atoms with Crippen LogP contribution in [-0.4, -0.2) is 18.0 Å². The van der Waals surface area contributed by atoms with Crippen LogP contribution in [0.15, 0.2) is 24.3 Å². The van der Waals surface area contributed by atoms with Crippen molar-refractivity contribution in [2.75, 3.05) is 0 Å². The van der Waals surface area contributed by atoms with Crippen LogP contribution in [0.1, 0.15) is 49.8 Å². The Morgan fingerprint density at radius 1 is 1.26 bits per heavy atom. The van der Waals surface area contributed by atoms with E-state index in [1.807, 2.05) is 6.92 Å². The van der Waals surface area contributed by atoms with E-state index in [-0.39, 0.29) is 11.9 Å². The van der Waals surface area contributed by atoms with Crippen molar-refractivity contribution in [1.29, 1.82) is 0 Å². The average molecular weight is 258 g/mol. The Morgan fingerprint density at radius 3 is 2.84 bits per heavy atom. The number of rotatable bonds is 4. The monoisotopic (exact) mass is 258 g/mol. The summed E-state index contributed by atoms with van der Waals surface area (Å²) < 4.78 is 0. The molecular weight excluding hydrogens is 236 g/mol. The third-order valence-corrected chi connectivity index (χ3v) is 4.14. The average Bonchev–Trinajstić information content (AvgIpc) is 3.23. The molecule has 0 bridgehead atoms. The standard InChI is InChI=1S/C16H22N2O/c1-11(16(19)18-13-9-10-13)17-15-8-4-6-12-5-2-3-7-14(12)15/h2-3,5,7,11,13,15,17H,4,6,8-10H2,1H3,(H,18,19)/t11-,15-/m1/s1. The molecule has 0 saturated heterocycles. The van der Waals surface area contributed by atoms with Gasteiger partial charge < -0.3 is 5.32 Å². The summed E-state index contributed by atoms with van der Waals surface area (Å²) in [6, 6.07) is 9.24. The highest BCUT2D eigenvalue weighted by Crippen LogP contribution is 2.29. The van der Waals surface area contributed by atoms with Crippen LogP contribution in [0.25, 0.3) is 0 Å². The number of amides is 1. The zero-order valence-electron chi connectivity index (χ0n) is 11.5. The smallest absolute Gasteiger partial charge is 0.237 e. The number of carbonyl (C=O) groups is 1. The first kappa shape index (κ1) is 12.7. The van der Waals surface area contributed by atoms with Crippen LogP contribution < -0.4 is 10.6 Å². The molecular formula is C16H22N2O. The summed E-state index contributed by atoms with van der Waals surface area (Å²) >= 11 is 0. The van der Waals surface area contributed by atoms with Crippen molar-refractivity contribution >= 4 is 5.91 Å². The van der Waals surface area contributed by atoms with Gasteiger partial charge in [0.15, 0.2) is 0 Å². The summed E-state index contributed by atoms with van der Waals surface area (Å²) in [7, 11) is 0. The molecule has 2 aliphatic carbocycles. The Balaban J connectivity index is 1.64. The maximum atomic E-state index is 12.0. The molecule has 0 radical (unpaired) electrons. The van der Waals surface area contributed by atoms with Crippen molar-refractivity contribution in [3.63, 3.8) is 0 Å². The molecule has 0 aromatic heterocycles. The number of nitrogens with one attached hydrogen (secondary N) is 2. The van der Waals surface area contributed by atoms with Gasteiger partial charge in [-0.25, -0.2) is 0 Å². The number of hydrogen-bond acceptors (Lipinski definition) is 2. The van der Waals surface area contributed by atoms with E-state index in [9.17, 15) is 4.79 Å². The summed E-state index contributed by atoms with van der Waals surface area (Å²) in [5.41, 5.74) is 2.81. The number of benzene rings is 1. The minimum atomic E-state index is -0.114. The second-order valence-electron chi connectivity index (χ2n) is 5.81. The second-order valence-corrected chi connectivity index (χ2v) is 5.81. The topological polar surface area (TPSA) is 41.1 Å². The molecule has 0 aliphatic heterocycles. The van der Waals surface area contributed by atoms with Crippen LogP contribution in [0.3, 0.4) is 0 Å². The molecule has 3 heteroatoms. The molecule has 0 heterocycles. The molecule has 0 spiro atoms. The Morgan fingerprint density at radius 2 is 2.05 bits per heavy atom. The minimum absolute atomic E-state index is 0.114. The Bertz CT molecular complexity index is 468. The predicted octanol–water partition coefficient (Wildman–Crippen LogP) is 2.32. The lowest BCUT2D eigenvalue weighted by Gasteiger charge is -2.28. The molecule has 2 aliphatic rings. The van der Waals surface area contributed by atoms with E-state index in [0.717, 1.165) is 25.7 Å². The van der Waals surface area contributed by atoms with Gasteiger partial charge in [0.1, 0.15) is 0 Å². The summed E-state index contributed by atoms with van der Waals surface area (Å²) in [5, 5.41) is 6.56. The molecule has 0 unspecified atom stereocenters. The molecule has 102 valence electrons. The van der Waals surface area contributed by atoms with Gasteiger partial charge in [0.05, 0.1) is 6.04 Å². The third kappa shape index (κ3) is 2.98. The van der Waals surface area contributed by atoms with Gasteiger partial charge in [-0.3, -0.25) is 10.1 Å². The van der Waals surface area contributed by atoms with Crippen molar-refractivity contribution in [3.8, 4) is 0 Å².